The van der Waals surface area contributed by atoms with Crippen molar-refractivity contribution in [1.29, 1.82) is 0 Å². The number of hydrogen-bond acceptors (Lipinski definition) is 1. The van der Waals surface area contributed by atoms with E-state index < -0.39 is 11.2 Å². The number of ketones is 1. The smallest absolute Gasteiger partial charge is 0.175 e. The van der Waals surface area contributed by atoms with Gasteiger partial charge in [0.15, 0.2) is 5.78 Å². The standard InChI is InChI=1S/C16H14ClFO/c1-16(2,11-7-9-12(17)10-8-11)15(19)13-5-3-4-6-14(13)18/h3-10H,1-2H3. The van der Waals surface area contributed by atoms with Gasteiger partial charge in [-0.3, -0.25) is 4.79 Å². The van der Waals surface area contributed by atoms with Gasteiger partial charge in [0.05, 0.1) is 11.0 Å². The van der Waals surface area contributed by atoms with Crippen LogP contribution in [0.5, 0.6) is 0 Å². The second-order valence-electron chi connectivity index (χ2n) is 4.94. The van der Waals surface area contributed by atoms with Crippen LogP contribution in [-0.4, -0.2) is 5.78 Å². The number of Topliss-reactive ketones (excluding diaryl/α,β-unsaturated/α-hetero) is 1. The van der Waals surface area contributed by atoms with Crippen LogP contribution in [0.1, 0.15) is 29.8 Å². The van der Waals surface area contributed by atoms with E-state index in [0.29, 0.717) is 5.02 Å². The molecule has 0 aromatic heterocycles. The normalized spacial score (nSPS) is 11.4. The Labute approximate surface area is 117 Å². The first kappa shape index (κ1) is 13.8. The van der Waals surface area contributed by atoms with Gasteiger partial charge in [-0.15, -0.1) is 0 Å². The maximum Gasteiger partial charge on any atom is 0.175 e. The fourth-order valence-corrected chi connectivity index (χ4v) is 2.11. The lowest BCUT2D eigenvalue weighted by atomic mass is 9.78. The minimum Gasteiger partial charge on any atom is -0.293 e. The lowest BCUT2D eigenvalue weighted by Crippen LogP contribution is -2.29. The van der Waals surface area contributed by atoms with Gasteiger partial charge < -0.3 is 0 Å². The van der Waals surface area contributed by atoms with Crippen molar-refractivity contribution < 1.29 is 9.18 Å². The number of halogens is 2. The van der Waals surface area contributed by atoms with E-state index in [1.807, 2.05) is 0 Å². The molecule has 0 bridgehead atoms. The monoisotopic (exact) mass is 276 g/mol. The molecule has 98 valence electrons. The van der Waals surface area contributed by atoms with Gasteiger partial charge in [-0.1, -0.05) is 35.9 Å². The number of carbonyl (C=O) groups is 1. The van der Waals surface area contributed by atoms with Gasteiger partial charge >= 0.3 is 0 Å². The SMILES string of the molecule is CC(C)(C(=O)c1ccccc1F)c1ccc(Cl)cc1. The first-order chi connectivity index (χ1) is 8.93. The molecular weight excluding hydrogens is 263 g/mol. The third kappa shape index (κ3) is 2.69. The summed E-state index contributed by atoms with van der Waals surface area (Å²) < 4.78 is 13.7. The third-order valence-electron chi connectivity index (χ3n) is 3.25. The summed E-state index contributed by atoms with van der Waals surface area (Å²) in [6.45, 7) is 3.57. The average molecular weight is 277 g/mol. The van der Waals surface area contributed by atoms with Crippen LogP contribution < -0.4 is 0 Å². The molecule has 0 amide bonds. The number of hydrogen-bond donors (Lipinski definition) is 0. The van der Waals surface area contributed by atoms with Crippen LogP contribution in [0.4, 0.5) is 4.39 Å². The van der Waals surface area contributed by atoms with Crippen molar-refractivity contribution in [1.82, 2.24) is 0 Å². The van der Waals surface area contributed by atoms with Gasteiger partial charge in [0.2, 0.25) is 0 Å². The molecule has 2 rings (SSSR count). The van der Waals surface area contributed by atoms with Crippen LogP contribution in [-0.2, 0) is 5.41 Å². The summed E-state index contributed by atoms with van der Waals surface area (Å²) in [6, 6.07) is 13.1. The number of rotatable bonds is 3. The maximum absolute atomic E-state index is 13.7. The Morgan fingerprint density at radius 3 is 2.21 bits per heavy atom. The molecule has 2 aromatic carbocycles. The topological polar surface area (TPSA) is 17.1 Å². The first-order valence-electron chi connectivity index (χ1n) is 5.98. The second-order valence-corrected chi connectivity index (χ2v) is 5.38. The molecule has 19 heavy (non-hydrogen) atoms. The highest BCUT2D eigenvalue weighted by Gasteiger charge is 2.32. The molecule has 0 spiro atoms. The Morgan fingerprint density at radius 2 is 1.63 bits per heavy atom. The third-order valence-corrected chi connectivity index (χ3v) is 3.50. The van der Waals surface area contributed by atoms with Gasteiger partial charge in [0.25, 0.3) is 0 Å². The lowest BCUT2D eigenvalue weighted by Gasteiger charge is -2.24. The van der Waals surface area contributed by atoms with Crippen molar-refractivity contribution in [3.05, 3.63) is 70.5 Å². The highest BCUT2D eigenvalue weighted by Crippen LogP contribution is 2.29. The molecular formula is C16H14ClFO. The molecule has 0 aliphatic carbocycles. The Hall–Kier alpha value is -1.67. The van der Waals surface area contributed by atoms with Crippen molar-refractivity contribution in [2.45, 2.75) is 19.3 Å². The summed E-state index contributed by atoms with van der Waals surface area (Å²) in [5, 5.41) is 0.609. The van der Waals surface area contributed by atoms with E-state index in [2.05, 4.69) is 0 Å². The molecule has 0 heterocycles. The summed E-state index contributed by atoms with van der Waals surface area (Å²) in [5.74, 6) is -0.734. The molecule has 0 aliphatic rings. The van der Waals surface area contributed by atoms with Crippen LogP contribution in [0.2, 0.25) is 5.02 Å². The number of carbonyl (C=O) groups excluding carboxylic acids is 1. The van der Waals surface area contributed by atoms with Gasteiger partial charge in [-0.2, -0.15) is 0 Å². The van der Waals surface area contributed by atoms with Gasteiger partial charge in [-0.25, -0.2) is 4.39 Å². The quantitative estimate of drug-likeness (QED) is 0.747. The average Bonchev–Trinajstić information content (AvgIpc) is 2.39. The molecule has 0 saturated heterocycles. The number of benzene rings is 2. The van der Waals surface area contributed by atoms with Crippen LogP contribution in [0.15, 0.2) is 48.5 Å². The summed E-state index contributed by atoms with van der Waals surface area (Å²) in [6.07, 6.45) is 0. The second kappa shape index (κ2) is 5.14. The summed E-state index contributed by atoms with van der Waals surface area (Å²) >= 11 is 5.84. The minimum atomic E-state index is -0.799. The van der Waals surface area contributed by atoms with E-state index in [1.165, 1.54) is 12.1 Å². The van der Waals surface area contributed by atoms with E-state index in [0.717, 1.165) is 5.56 Å². The highest BCUT2D eigenvalue weighted by molar-refractivity contribution is 6.30. The molecule has 2 aromatic rings. The van der Waals surface area contributed by atoms with Gasteiger partial charge in [-0.05, 0) is 43.7 Å². The van der Waals surface area contributed by atoms with E-state index in [1.54, 1.807) is 50.2 Å². The van der Waals surface area contributed by atoms with E-state index in [4.69, 9.17) is 11.6 Å². The zero-order valence-corrected chi connectivity index (χ0v) is 11.5. The van der Waals surface area contributed by atoms with E-state index in [9.17, 15) is 9.18 Å². The molecule has 0 N–H and O–H groups in total. The predicted octanol–water partition coefficient (Wildman–Crippen LogP) is 4.64. The van der Waals surface area contributed by atoms with Gasteiger partial charge in [0.1, 0.15) is 5.82 Å². The van der Waals surface area contributed by atoms with Crippen molar-refractivity contribution in [3.8, 4) is 0 Å². The van der Waals surface area contributed by atoms with Crippen molar-refractivity contribution in [2.24, 2.45) is 0 Å². The highest BCUT2D eigenvalue weighted by atomic mass is 35.5. The van der Waals surface area contributed by atoms with Crippen LogP contribution in [0, 0.1) is 5.82 Å². The maximum atomic E-state index is 13.7. The molecule has 0 atom stereocenters. The van der Waals surface area contributed by atoms with E-state index in [-0.39, 0.29) is 11.3 Å². The van der Waals surface area contributed by atoms with Crippen LogP contribution in [0.25, 0.3) is 0 Å². The van der Waals surface area contributed by atoms with Crippen molar-refractivity contribution in [2.75, 3.05) is 0 Å². The molecule has 3 heteroatoms. The molecule has 0 unspecified atom stereocenters. The Morgan fingerprint density at radius 1 is 1.05 bits per heavy atom. The zero-order chi connectivity index (χ0) is 14.0. The summed E-state index contributed by atoms with van der Waals surface area (Å²) in [7, 11) is 0. The Balaban J connectivity index is 2.42. The Kier molecular flexibility index (Phi) is 3.72. The fourth-order valence-electron chi connectivity index (χ4n) is 1.98. The van der Waals surface area contributed by atoms with E-state index >= 15 is 0 Å². The van der Waals surface area contributed by atoms with Crippen molar-refractivity contribution >= 4 is 17.4 Å². The molecule has 0 fully saturated rings. The molecule has 1 nitrogen and oxygen atoms in total. The lowest BCUT2D eigenvalue weighted by molar-refractivity contribution is 0.0904. The predicted molar refractivity (Wildman–Crippen MR) is 75.2 cm³/mol. The first-order valence-corrected chi connectivity index (χ1v) is 6.36. The molecule has 0 saturated carbocycles. The molecule has 0 aliphatic heterocycles. The summed E-state index contributed by atoms with van der Waals surface area (Å²) in [5.41, 5.74) is 0.125. The van der Waals surface area contributed by atoms with Crippen LogP contribution in [0.3, 0.4) is 0 Å². The Bertz CT molecular complexity index is 602. The van der Waals surface area contributed by atoms with Crippen molar-refractivity contribution in [3.63, 3.8) is 0 Å². The minimum absolute atomic E-state index is 0.113. The summed E-state index contributed by atoms with van der Waals surface area (Å²) in [4.78, 5) is 12.5. The molecule has 0 radical (unpaired) electrons. The van der Waals surface area contributed by atoms with Gasteiger partial charge in [0, 0.05) is 5.02 Å². The zero-order valence-electron chi connectivity index (χ0n) is 10.8. The largest absolute Gasteiger partial charge is 0.293 e. The van der Waals surface area contributed by atoms with Crippen LogP contribution >= 0.6 is 11.6 Å². The fraction of sp³-hybridized carbons (Fsp3) is 0.188.